The molecule has 0 spiro atoms. The first-order valence-corrected chi connectivity index (χ1v) is 7.34. The van der Waals surface area contributed by atoms with Gasteiger partial charge in [0.25, 0.3) is 0 Å². The minimum atomic E-state index is -0.677. The van der Waals surface area contributed by atoms with Crippen LogP contribution in [0.25, 0.3) is 0 Å². The number of likely N-dealkylation sites (N-methyl/N-ethyl adjacent to an activating group) is 1. The van der Waals surface area contributed by atoms with E-state index in [1.54, 1.807) is 0 Å². The van der Waals surface area contributed by atoms with Gasteiger partial charge in [0.05, 0.1) is 5.41 Å². The molecule has 1 aliphatic heterocycles. The fourth-order valence-corrected chi connectivity index (χ4v) is 2.94. The average molecular weight is 274 g/mol. The summed E-state index contributed by atoms with van der Waals surface area (Å²) < 4.78 is 0. The van der Waals surface area contributed by atoms with Gasteiger partial charge in [-0.1, -0.05) is 24.3 Å². The van der Waals surface area contributed by atoms with Crippen molar-refractivity contribution in [2.45, 2.75) is 24.8 Å². The standard InChI is InChI=1S/C16H22N2O2/c1-17-8-10-18(11-9-17)12-13-2-4-14(5-3-13)16(6-7-16)15(19)20/h2-5H,6-12H2,1H3,(H,19,20). The molecule has 2 fully saturated rings. The molecule has 0 atom stereocenters. The molecule has 0 amide bonds. The molecule has 1 saturated carbocycles. The molecular formula is C16H22N2O2. The number of piperazine rings is 1. The van der Waals surface area contributed by atoms with E-state index in [0.717, 1.165) is 51.1 Å². The molecule has 1 N–H and O–H groups in total. The third-order valence-electron chi connectivity index (χ3n) is 4.67. The number of hydrogen-bond acceptors (Lipinski definition) is 3. The maximum atomic E-state index is 11.3. The summed E-state index contributed by atoms with van der Waals surface area (Å²) >= 11 is 0. The minimum absolute atomic E-state index is 0.577. The number of rotatable bonds is 4. The average Bonchev–Trinajstić information content (AvgIpc) is 3.24. The van der Waals surface area contributed by atoms with E-state index in [0.29, 0.717) is 0 Å². The Bertz CT molecular complexity index is 486. The van der Waals surface area contributed by atoms with Gasteiger partial charge >= 0.3 is 5.97 Å². The highest BCUT2D eigenvalue weighted by Gasteiger charge is 2.51. The molecule has 1 aliphatic carbocycles. The summed E-state index contributed by atoms with van der Waals surface area (Å²) in [5.41, 5.74) is 1.67. The normalized spacial score (nSPS) is 22.6. The summed E-state index contributed by atoms with van der Waals surface area (Å²) in [7, 11) is 2.16. The first kappa shape index (κ1) is 13.6. The first-order chi connectivity index (χ1) is 9.60. The monoisotopic (exact) mass is 274 g/mol. The van der Waals surface area contributed by atoms with Crippen LogP contribution in [0, 0.1) is 0 Å². The highest BCUT2D eigenvalue weighted by molar-refractivity contribution is 5.84. The zero-order valence-corrected chi connectivity index (χ0v) is 12.0. The van der Waals surface area contributed by atoms with Gasteiger partial charge in [-0.15, -0.1) is 0 Å². The second kappa shape index (κ2) is 5.19. The van der Waals surface area contributed by atoms with Crippen molar-refractivity contribution in [3.05, 3.63) is 35.4 Å². The maximum absolute atomic E-state index is 11.3. The van der Waals surface area contributed by atoms with Crippen LogP contribution < -0.4 is 0 Å². The summed E-state index contributed by atoms with van der Waals surface area (Å²) in [6, 6.07) is 8.20. The molecule has 4 nitrogen and oxygen atoms in total. The predicted octanol–water partition coefficient (Wildman–Crippen LogP) is 1.55. The van der Waals surface area contributed by atoms with E-state index < -0.39 is 11.4 Å². The van der Waals surface area contributed by atoms with Crippen molar-refractivity contribution >= 4 is 5.97 Å². The third-order valence-corrected chi connectivity index (χ3v) is 4.67. The number of carboxylic acid groups (broad SMARTS) is 1. The summed E-state index contributed by atoms with van der Waals surface area (Å²) in [6.07, 6.45) is 1.56. The summed E-state index contributed by atoms with van der Waals surface area (Å²) in [5, 5.41) is 9.30. The Balaban J connectivity index is 1.63. The zero-order valence-electron chi connectivity index (χ0n) is 12.0. The summed E-state index contributed by atoms with van der Waals surface area (Å²) in [6.45, 7) is 5.43. The quantitative estimate of drug-likeness (QED) is 0.905. The topological polar surface area (TPSA) is 43.8 Å². The van der Waals surface area contributed by atoms with Crippen LogP contribution in [0.3, 0.4) is 0 Å². The van der Waals surface area contributed by atoms with Crippen molar-refractivity contribution in [3.63, 3.8) is 0 Å². The summed E-state index contributed by atoms with van der Waals surface area (Å²) in [4.78, 5) is 16.1. The Morgan fingerprint density at radius 1 is 1.15 bits per heavy atom. The van der Waals surface area contributed by atoms with E-state index in [-0.39, 0.29) is 0 Å². The Morgan fingerprint density at radius 3 is 2.25 bits per heavy atom. The van der Waals surface area contributed by atoms with Gasteiger partial charge in [0.1, 0.15) is 0 Å². The predicted molar refractivity (Wildman–Crippen MR) is 77.8 cm³/mol. The van der Waals surface area contributed by atoms with Crippen LogP contribution in [0.1, 0.15) is 24.0 Å². The van der Waals surface area contributed by atoms with E-state index >= 15 is 0 Å². The van der Waals surface area contributed by atoms with E-state index in [2.05, 4.69) is 29.0 Å². The second-order valence-corrected chi connectivity index (χ2v) is 6.16. The van der Waals surface area contributed by atoms with Gasteiger partial charge in [-0.3, -0.25) is 9.69 Å². The minimum Gasteiger partial charge on any atom is -0.481 e. The number of carboxylic acids is 1. The Morgan fingerprint density at radius 2 is 1.75 bits per heavy atom. The maximum Gasteiger partial charge on any atom is 0.314 e. The lowest BCUT2D eigenvalue weighted by Crippen LogP contribution is -2.43. The van der Waals surface area contributed by atoms with Gasteiger partial charge in [-0.2, -0.15) is 0 Å². The molecular weight excluding hydrogens is 252 g/mol. The number of carbonyl (C=O) groups is 1. The Hall–Kier alpha value is -1.39. The number of hydrogen-bond donors (Lipinski definition) is 1. The second-order valence-electron chi connectivity index (χ2n) is 6.16. The fraction of sp³-hybridized carbons (Fsp3) is 0.562. The van der Waals surface area contributed by atoms with Crippen molar-refractivity contribution in [2.24, 2.45) is 0 Å². The van der Waals surface area contributed by atoms with Crippen molar-refractivity contribution in [1.29, 1.82) is 0 Å². The zero-order chi connectivity index (χ0) is 14.2. The van der Waals surface area contributed by atoms with Crippen LogP contribution in [0.5, 0.6) is 0 Å². The van der Waals surface area contributed by atoms with Crippen molar-refractivity contribution in [3.8, 4) is 0 Å². The molecule has 1 aromatic carbocycles. The molecule has 1 aromatic rings. The number of aliphatic carboxylic acids is 1. The van der Waals surface area contributed by atoms with Gasteiger partial charge in [-0.25, -0.2) is 0 Å². The van der Waals surface area contributed by atoms with Gasteiger partial charge in [0.2, 0.25) is 0 Å². The lowest BCUT2D eigenvalue weighted by Gasteiger charge is -2.32. The van der Waals surface area contributed by atoms with Crippen LogP contribution >= 0.6 is 0 Å². The van der Waals surface area contributed by atoms with E-state index in [9.17, 15) is 9.90 Å². The van der Waals surface area contributed by atoms with Crippen LogP contribution in [-0.4, -0.2) is 54.1 Å². The Labute approximate surface area is 120 Å². The molecule has 4 heteroatoms. The first-order valence-electron chi connectivity index (χ1n) is 7.34. The molecule has 108 valence electrons. The highest BCUT2D eigenvalue weighted by Crippen LogP contribution is 2.48. The molecule has 1 heterocycles. The molecule has 0 aromatic heterocycles. The lowest BCUT2D eigenvalue weighted by atomic mass is 9.95. The van der Waals surface area contributed by atoms with Gasteiger partial charge < -0.3 is 10.0 Å². The van der Waals surface area contributed by atoms with Gasteiger partial charge in [0, 0.05) is 32.7 Å². The van der Waals surface area contributed by atoms with Crippen molar-refractivity contribution in [2.75, 3.05) is 33.2 Å². The molecule has 1 saturated heterocycles. The molecule has 0 radical (unpaired) electrons. The van der Waals surface area contributed by atoms with E-state index in [4.69, 9.17) is 0 Å². The lowest BCUT2D eigenvalue weighted by molar-refractivity contribution is -0.140. The van der Waals surface area contributed by atoms with Crippen molar-refractivity contribution in [1.82, 2.24) is 9.80 Å². The SMILES string of the molecule is CN1CCN(Cc2ccc(C3(C(=O)O)CC3)cc2)CC1. The van der Waals surface area contributed by atoms with E-state index in [1.165, 1.54) is 5.56 Å². The largest absolute Gasteiger partial charge is 0.481 e. The van der Waals surface area contributed by atoms with E-state index in [1.807, 2.05) is 12.1 Å². The third kappa shape index (κ3) is 2.58. The smallest absolute Gasteiger partial charge is 0.314 e. The number of benzene rings is 1. The summed E-state index contributed by atoms with van der Waals surface area (Å²) in [5.74, 6) is -0.677. The van der Waals surface area contributed by atoms with Crippen LogP contribution in [0.2, 0.25) is 0 Å². The van der Waals surface area contributed by atoms with Crippen molar-refractivity contribution < 1.29 is 9.90 Å². The molecule has 0 bridgehead atoms. The van der Waals surface area contributed by atoms with Crippen LogP contribution in [0.4, 0.5) is 0 Å². The Kier molecular flexibility index (Phi) is 3.52. The van der Waals surface area contributed by atoms with Crippen LogP contribution in [0.15, 0.2) is 24.3 Å². The molecule has 0 unspecified atom stereocenters. The molecule has 20 heavy (non-hydrogen) atoms. The number of nitrogens with zero attached hydrogens (tertiary/aromatic N) is 2. The highest BCUT2D eigenvalue weighted by atomic mass is 16.4. The fourth-order valence-electron chi connectivity index (χ4n) is 2.94. The van der Waals surface area contributed by atoms with Gasteiger partial charge in [0.15, 0.2) is 0 Å². The molecule has 3 rings (SSSR count). The van der Waals surface area contributed by atoms with Crippen LogP contribution in [-0.2, 0) is 16.8 Å². The van der Waals surface area contributed by atoms with Gasteiger partial charge in [-0.05, 0) is 31.0 Å². The molecule has 2 aliphatic rings.